The minimum absolute atomic E-state index is 0.0381. The zero-order chi connectivity index (χ0) is 25.0. The highest BCUT2D eigenvalue weighted by atomic mass is 16.5. The van der Waals surface area contributed by atoms with Crippen molar-refractivity contribution in [1.29, 1.82) is 0 Å². The quantitative estimate of drug-likeness (QED) is 0.392. The Balaban J connectivity index is 1.68. The summed E-state index contributed by atoms with van der Waals surface area (Å²) in [6, 6.07) is 20.2. The number of fused-ring (bicyclic) bond motifs is 1. The molecule has 0 atom stereocenters. The molecule has 1 aliphatic carbocycles. The zero-order valence-electron chi connectivity index (χ0n) is 20.9. The van der Waals surface area contributed by atoms with Gasteiger partial charge in [0.2, 0.25) is 0 Å². The average Bonchev–Trinajstić information content (AvgIpc) is 2.82. The van der Waals surface area contributed by atoms with Gasteiger partial charge in [0, 0.05) is 25.8 Å². The molecule has 0 saturated heterocycles. The van der Waals surface area contributed by atoms with E-state index in [1.807, 2.05) is 50.2 Å². The van der Waals surface area contributed by atoms with E-state index in [0.29, 0.717) is 55.0 Å². The van der Waals surface area contributed by atoms with Crippen LogP contribution in [-0.4, -0.2) is 37.4 Å². The maximum absolute atomic E-state index is 13.2. The summed E-state index contributed by atoms with van der Waals surface area (Å²) in [5.74, 6) is 1.47. The van der Waals surface area contributed by atoms with Crippen LogP contribution in [0.15, 0.2) is 77.0 Å². The fourth-order valence-electron chi connectivity index (χ4n) is 4.82. The molecule has 0 amide bonds. The number of aliphatic hydroxyl groups excluding tert-OH is 1. The number of methoxy groups -OCH3 is 2. The van der Waals surface area contributed by atoms with Crippen LogP contribution in [-0.2, 0) is 17.6 Å². The van der Waals surface area contributed by atoms with E-state index in [1.165, 1.54) is 0 Å². The highest BCUT2D eigenvalue weighted by molar-refractivity contribution is 6.24. The predicted molar refractivity (Wildman–Crippen MR) is 141 cm³/mol. The van der Waals surface area contributed by atoms with Crippen molar-refractivity contribution < 1.29 is 19.4 Å². The minimum atomic E-state index is -0.255. The molecule has 0 radical (unpaired) electrons. The van der Waals surface area contributed by atoms with Crippen LogP contribution in [0.25, 0.3) is 10.8 Å². The number of ketones is 1. The molecule has 0 aliphatic heterocycles. The van der Waals surface area contributed by atoms with E-state index in [4.69, 9.17) is 14.5 Å². The molecule has 1 aliphatic rings. The maximum Gasteiger partial charge on any atom is 0.168 e. The lowest BCUT2D eigenvalue weighted by Crippen LogP contribution is -2.30. The number of allylic oxidation sites excluding steroid dienone is 2. The van der Waals surface area contributed by atoms with Crippen LogP contribution < -0.4 is 9.47 Å². The molecule has 5 heteroatoms. The van der Waals surface area contributed by atoms with Gasteiger partial charge >= 0.3 is 0 Å². The summed E-state index contributed by atoms with van der Waals surface area (Å²) in [7, 11) is 3.23. The number of Topliss-reactive ketones (excluding diaryl/α,β-unsaturated/α-hetero) is 1. The Morgan fingerprint density at radius 1 is 0.971 bits per heavy atom. The lowest BCUT2D eigenvalue weighted by Gasteiger charge is -2.30. The molecule has 0 saturated carbocycles. The number of hydrogen-bond acceptors (Lipinski definition) is 5. The Bertz CT molecular complexity index is 1300. The van der Waals surface area contributed by atoms with Gasteiger partial charge in [-0.25, -0.2) is 0 Å². The molecule has 0 unspecified atom stereocenters. The number of aliphatic imine (C=N–C) groups is 1. The van der Waals surface area contributed by atoms with Gasteiger partial charge in [-0.2, -0.15) is 0 Å². The first kappa shape index (κ1) is 24.5. The standard InChI is InChI=1S/C30H33NO4/c1-30(2)18-25(32)29(26(33)19-30)24(17-22-10-7-9-21-8-5-6-11-23(21)22)31-15-14-20-12-13-27(34-3)28(16-20)35-4/h5-13,16,32H,14-15,17-19H2,1-4H3. The largest absolute Gasteiger partial charge is 0.511 e. The molecule has 35 heavy (non-hydrogen) atoms. The number of ether oxygens (including phenoxy) is 2. The van der Waals surface area contributed by atoms with E-state index in [2.05, 4.69) is 24.3 Å². The summed E-state index contributed by atoms with van der Waals surface area (Å²) in [6.45, 7) is 4.51. The fourth-order valence-corrected chi connectivity index (χ4v) is 4.82. The third kappa shape index (κ3) is 5.56. The lowest BCUT2D eigenvalue weighted by molar-refractivity contribution is -0.117. The summed E-state index contributed by atoms with van der Waals surface area (Å²) >= 11 is 0. The summed E-state index contributed by atoms with van der Waals surface area (Å²) in [6.07, 6.45) is 2.03. The van der Waals surface area contributed by atoms with Crippen molar-refractivity contribution in [3.05, 3.63) is 83.1 Å². The second kappa shape index (κ2) is 10.3. The summed E-state index contributed by atoms with van der Waals surface area (Å²) in [4.78, 5) is 18.1. The first-order valence-electron chi connectivity index (χ1n) is 12.0. The predicted octanol–water partition coefficient (Wildman–Crippen LogP) is 6.28. The summed E-state index contributed by atoms with van der Waals surface area (Å²) in [5.41, 5.74) is 2.94. The summed E-state index contributed by atoms with van der Waals surface area (Å²) in [5, 5.41) is 13.2. The van der Waals surface area contributed by atoms with E-state index in [1.54, 1.807) is 14.2 Å². The van der Waals surface area contributed by atoms with E-state index < -0.39 is 0 Å². The molecule has 3 aromatic carbocycles. The molecule has 0 heterocycles. The second-order valence-corrected chi connectivity index (χ2v) is 9.85. The topological polar surface area (TPSA) is 68.1 Å². The third-order valence-corrected chi connectivity index (χ3v) is 6.53. The van der Waals surface area contributed by atoms with Crippen LogP contribution in [0.3, 0.4) is 0 Å². The first-order valence-corrected chi connectivity index (χ1v) is 12.0. The Morgan fingerprint density at radius 3 is 2.46 bits per heavy atom. The molecule has 5 nitrogen and oxygen atoms in total. The van der Waals surface area contributed by atoms with Crippen LogP contribution in [0.4, 0.5) is 0 Å². The van der Waals surface area contributed by atoms with Crippen molar-refractivity contribution in [2.24, 2.45) is 10.4 Å². The Kier molecular flexibility index (Phi) is 7.25. The monoisotopic (exact) mass is 471 g/mol. The van der Waals surface area contributed by atoms with E-state index in [9.17, 15) is 9.90 Å². The SMILES string of the molecule is COc1ccc(CCN=C(Cc2cccc3ccccc23)C2=C(O)CC(C)(C)CC2=O)cc1OC. The molecule has 0 aromatic heterocycles. The Labute approximate surface area is 207 Å². The van der Waals surface area contributed by atoms with Crippen molar-refractivity contribution >= 4 is 22.3 Å². The van der Waals surface area contributed by atoms with Crippen LogP contribution in [0.1, 0.15) is 37.8 Å². The smallest absolute Gasteiger partial charge is 0.168 e. The number of aliphatic hydroxyl groups is 1. The van der Waals surface area contributed by atoms with Gasteiger partial charge in [0.15, 0.2) is 17.3 Å². The zero-order valence-corrected chi connectivity index (χ0v) is 20.9. The number of benzene rings is 3. The van der Waals surface area contributed by atoms with Gasteiger partial charge in [0.05, 0.1) is 25.5 Å². The van der Waals surface area contributed by atoms with Crippen molar-refractivity contribution in [2.45, 2.75) is 39.5 Å². The number of hydrogen-bond donors (Lipinski definition) is 1. The fraction of sp³-hybridized carbons (Fsp3) is 0.333. The molecular formula is C30H33NO4. The molecule has 1 N–H and O–H groups in total. The van der Waals surface area contributed by atoms with Gasteiger partial charge in [-0.3, -0.25) is 9.79 Å². The van der Waals surface area contributed by atoms with Gasteiger partial charge in [0.25, 0.3) is 0 Å². The van der Waals surface area contributed by atoms with Crippen LogP contribution in [0, 0.1) is 5.41 Å². The molecule has 4 rings (SSSR count). The number of rotatable bonds is 8. The Morgan fingerprint density at radius 2 is 1.71 bits per heavy atom. The van der Waals surface area contributed by atoms with Crippen molar-refractivity contribution in [2.75, 3.05) is 20.8 Å². The van der Waals surface area contributed by atoms with Gasteiger partial charge in [-0.15, -0.1) is 0 Å². The van der Waals surface area contributed by atoms with Crippen molar-refractivity contribution in [3.8, 4) is 11.5 Å². The molecular weight excluding hydrogens is 438 g/mol. The van der Waals surface area contributed by atoms with Crippen molar-refractivity contribution in [1.82, 2.24) is 0 Å². The molecule has 0 fully saturated rings. The minimum Gasteiger partial charge on any atom is -0.511 e. The van der Waals surface area contributed by atoms with E-state index in [-0.39, 0.29) is 17.0 Å². The maximum atomic E-state index is 13.2. The number of carbonyl (C=O) groups excluding carboxylic acids is 1. The first-order chi connectivity index (χ1) is 16.8. The third-order valence-electron chi connectivity index (χ3n) is 6.53. The molecule has 0 spiro atoms. The highest BCUT2D eigenvalue weighted by Crippen LogP contribution is 2.37. The second-order valence-electron chi connectivity index (χ2n) is 9.85. The van der Waals surface area contributed by atoms with Gasteiger partial charge in [-0.1, -0.05) is 62.4 Å². The van der Waals surface area contributed by atoms with Crippen LogP contribution in [0.5, 0.6) is 11.5 Å². The van der Waals surface area contributed by atoms with Gasteiger partial charge in [0.1, 0.15) is 5.76 Å². The van der Waals surface area contributed by atoms with Gasteiger partial charge < -0.3 is 14.6 Å². The lowest BCUT2D eigenvalue weighted by atomic mass is 9.75. The normalized spacial score (nSPS) is 16.0. The molecule has 182 valence electrons. The van der Waals surface area contributed by atoms with Crippen molar-refractivity contribution in [3.63, 3.8) is 0 Å². The number of nitrogens with zero attached hydrogens (tertiary/aromatic N) is 1. The molecule has 3 aromatic rings. The molecule has 0 bridgehead atoms. The van der Waals surface area contributed by atoms with E-state index in [0.717, 1.165) is 21.9 Å². The van der Waals surface area contributed by atoms with Crippen LogP contribution >= 0.6 is 0 Å². The van der Waals surface area contributed by atoms with Gasteiger partial charge in [-0.05, 0) is 45.9 Å². The highest BCUT2D eigenvalue weighted by Gasteiger charge is 2.35. The number of carbonyl (C=O) groups is 1. The van der Waals surface area contributed by atoms with E-state index >= 15 is 0 Å². The average molecular weight is 472 g/mol. The summed E-state index contributed by atoms with van der Waals surface area (Å²) < 4.78 is 10.8. The Hall–Kier alpha value is -3.60. The van der Waals surface area contributed by atoms with Crippen LogP contribution in [0.2, 0.25) is 0 Å².